The number of carbonyl (C=O) groups excluding carboxylic acids is 1. The van der Waals surface area contributed by atoms with Gasteiger partial charge in [0, 0.05) is 62.5 Å². The summed E-state index contributed by atoms with van der Waals surface area (Å²) in [5, 5.41) is 9.12. The summed E-state index contributed by atoms with van der Waals surface area (Å²) in [6.45, 7) is 10.5. The molecule has 0 unspecified atom stereocenters. The van der Waals surface area contributed by atoms with Crippen LogP contribution in [-0.4, -0.2) is 69.6 Å². The Hall–Kier alpha value is -5.09. The summed E-state index contributed by atoms with van der Waals surface area (Å²) in [5.41, 5.74) is 5.57. The molecule has 10 heteroatoms. The van der Waals surface area contributed by atoms with Crippen LogP contribution in [-0.2, 0) is 25.0 Å². The van der Waals surface area contributed by atoms with Crippen molar-refractivity contribution in [2.24, 2.45) is 7.05 Å². The third kappa shape index (κ3) is 8.67. The Balaban J connectivity index is 1.02. The van der Waals surface area contributed by atoms with Gasteiger partial charge in [-0.1, -0.05) is 60.7 Å². The van der Waals surface area contributed by atoms with Crippen LogP contribution in [0.3, 0.4) is 0 Å². The second-order valence-electron chi connectivity index (χ2n) is 14.9. The van der Waals surface area contributed by atoms with Crippen LogP contribution >= 0.6 is 0 Å². The van der Waals surface area contributed by atoms with Crippen LogP contribution in [0.25, 0.3) is 22.2 Å². The number of alkyl carbamates (subject to hydrolysis) is 1. The molecular weight excluding hydrogens is 652 g/mol. The second kappa shape index (κ2) is 15.7. The van der Waals surface area contributed by atoms with E-state index in [0.717, 1.165) is 85.1 Å². The monoisotopic (exact) mass is 702 g/mol. The van der Waals surface area contributed by atoms with Gasteiger partial charge in [0.2, 0.25) is 11.8 Å². The molecule has 3 aromatic carbocycles. The SMILES string of the molecule is Cn1nc(-c2ccc(OCc3ccccc3)nc2OCc2ccccc2)c2ccc(N3CCN([C@H]4CC[C@H](NC(=O)OC(C)(C)C)CC4)CC3)cc21. The molecule has 1 aliphatic carbocycles. The highest BCUT2D eigenvalue weighted by molar-refractivity contribution is 5.96. The minimum Gasteiger partial charge on any atom is -0.473 e. The van der Waals surface area contributed by atoms with Gasteiger partial charge in [0.05, 0.1) is 11.1 Å². The number of rotatable bonds is 10. The highest BCUT2D eigenvalue weighted by Gasteiger charge is 2.30. The number of anilines is 1. The van der Waals surface area contributed by atoms with Crippen molar-refractivity contribution in [1.82, 2.24) is 25.0 Å². The van der Waals surface area contributed by atoms with Crippen LogP contribution in [0.4, 0.5) is 10.5 Å². The van der Waals surface area contributed by atoms with E-state index in [-0.39, 0.29) is 12.1 Å². The van der Waals surface area contributed by atoms with Gasteiger partial charge in [0.25, 0.3) is 0 Å². The molecule has 272 valence electrons. The van der Waals surface area contributed by atoms with Crippen LogP contribution in [0.15, 0.2) is 91.0 Å². The maximum Gasteiger partial charge on any atom is 0.407 e. The first kappa shape index (κ1) is 35.3. The van der Waals surface area contributed by atoms with E-state index in [9.17, 15) is 4.79 Å². The lowest BCUT2D eigenvalue weighted by atomic mass is 9.90. The maximum absolute atomic E-state index is 12.3. The molecule has 5 aromatic rings. The molecule has 0 atom stereocenters. The van der Waals surface area contributed by atoms with Crippen molar-refractivity contribution in [1.29, 1.82) is 0 Å². The van der Waals surface area contributed by atoms with Crippen molar-refractivity contribution in [2.75, 3.05) is 31.1 Å². The average molecular weight is 703 g/mol. The zero-order chi connectivity index (χ0) is 36.1. The molecule has 2 fully saturated rings. The molecule has 7 rings (SSSR count). The van der Waals surface area contributed by atoms with E-state index < -0.39 is 5.60 Å². The molecule has 2 aliphatic rings. The molecule has 1 N–H and O–H groups in total. The van der Waals surface area contributed by atoms with E-state index >= 15 is 0 Å². The average Bonchev–Trinajstić information content (AvgIpc) is 3.48. The van der Waals surface area contributed by atoms with Crippen LogP contribution in [0.5, 0.6) is 11.8 Å². The first-order chi connectivity index (χ1) is 25.2. The lowest BCUT2D eigenvalue weighted by Crippen LogP contribution is -2.52. The minimum absolute atomic E-state index is 0.191. The molecule has 3 heterocycles. The number of piperazine rings is 1. The molecule has 1 saturated heterocycles. The molecular formula is C42H50N6O4. The number of nitrogens with one attached hydrogen (secondary N) is 1. The topological polar surface area (TPSA) is 94.0 Å². The smallest absolute Gasteiger partial charge is 0.407 e. The number of pyridine rings is 1. The number of ether oxygens (including phenoxy) is 3. The van der Waals surface area contributed by atoms with Crippen LogP contribution < -0.4 is 19.7 Å². The number of benzene rings is 3. The summed E-state index contributed by atoms with van der Waals surface area (Å²) in [5.74, 6) is 0.993. The fraction of sp³-hybridized carbons (Fsp3) is 0.405. The number of amides is 1. The van der Waals surface area contributed by atoms with Gasteiger partial charge in [-0.15, -0.1) is 0 Å². The Morgan fingerprint density at radius 1 is 0.808 bits per heavy atom. The zero-order valence-corrected chi connectivity index (χ0v) is 30.8. The summed E-state index contributed by atoms with van der Waals surface area (Å²) >= 11 is 0. The molecule has 10 nitrogen and oxygen atoms in total. The van der Waals surface area contributed by atoms with Gasteiger partial charge in [-0.2, -0.15) is 10.1 Å². The van der Waals surface area contributed by atoms with Crippen molar-refractivity contribution < 1.29 is 19.0 Å². The van der Waals surface area contributed by atoms with Crippen LogP contribution in [0.2, 0.25) is 0 Å². The largest absolute Gasteiger partial charge is 0.473 e. The molecule has 1 aliphatic heterocycles. The van der Waals surface area contributed by atoms with Gasteiger partial charge in [0.1, 0.15) is 24.5 Å². The third-order valence-corrected chi connectivity index (χ3v) is 9.99. The standard InChI is InChI=1S/C42H50N6O4/c1-42(2,3)52-41(49)43-32-15-17-33(18-16-32)47-23-25-48(26-24-47)34-19-20-35-37(27-34)46(4)45-39(35)36-21-22-38(50-28-30-11-7-5-8-12-30)44-40(36)51-29-31-13-9-6-10-14-31/h5-14,19-22,27,32-33H,15-18,23-26,28-29H2,1-4H3,(H,43,49)/t32-,33-. The van der Waals surface area contributed by atoms with Gasteiger partial charge in [-0.05, 0) is 81.8 Å². The van der Waals surface area contributed by atoms with Gasteiger partial charge >= 0.3 is 6.09 Å². The van der Waals surface area contributed by atoms with E-state index in [1.165, 1.54) is 5.69 Å². The molecule has 0 spiro atoms. The maximum atomic E-state index is 12.3. The summed E-state index contributed by atoms with van der Waals surface area (Å²) in [4.78, 5) is 22.2. The van der Waals surface area contributed by atoms with Crippen molar-refractivity contribution in [3.63, 3.8) is 0 Å². The van der Waals surface area contributed by atoms with Crippen molar-refractivity contribution >= 4 is 22.7 Å². The normalized spacial score (nSPS) is 18.3. The first-order valence-corrected chi connectivity index (χ1v) is 18.5. The summed E-state index contributed by atoms with van der Waals surface area (Å²) < 4.78 is 19.9. The van der Waals surface area contributed by atoms with E-state index in [2.05, 4.69) is 33.3 Å². The fourth-order valence-corrected chi connectivity index (χ4v) is 7.30. The predicted octanol–water partition coefficient (Wildman–Crippen LogP) is 7.75. The molecule has 0 bridgehead atoms. The minimum atomic E-state index is -0.478. The second-order valence-corrected chi connectivity index (χ2v) is 14.9. The van der Waals surface area contributed by atoms with Gasteiger partial charge < -0.3 is 24.4 Å². The lowest BCUT2D eigenvalue weighted by Gasteiger charge is -2.42. The third-order valence-electron chi connectivity index (χ3n) is 9.99. The van der Waals surface area contributed by atoms with E-state index in [1.54, 1.807) is 0 Å². The first-order valence-electron chi connectivity index (χ1n) is 18.5. The zero-order valence-electron chi connectivity index (χ0n) is 30.8. The van der Waals surface area contributed by atoms with Crippen LogP contribution in [0.1, 0.15) is 57.6 Å². The Morgan fingerprint density at radius 2 is 1.46 bits per heavy atom. The Bertz CT molecular complexity index is 1940. The Morgan fingerprint density at radius 3 is 2.12 bits per heavy atom. The Kier molecular flexibility index (Phi) is 10.6. The van der Waals surface area contributed by atoms with E-state index in [4.69, 9.17) is 24.3 Å². The molecule has 1 amide bonds. The summed E-state index contributed by atoms with van der Waals surface area (Å²) in [6.07, 6.45) is 3.85. The van der Waals surface area contributed by atoms with Crippen molar-refractivity contribution in [3.8, 4) is 23.0 Å². The van der Waals surface area contributed by atoms with Gasteiger partial charge in [-0.25, -0.2) is 4.79 Å². The molecule has 2 aromatic heterocycles. The lowest BCUT2D eigenvalue weighted by molar-refractivity contribution is 0.0475. The molecule has 0 radical (unpaired) electrons. The summed E-state index contributed by atoms with van der Waals surface area (Å²) in [6, 6.07) is 31.5. The van der Waals surface area contributed by atoms with E-state index in [1.807, 2.05) is 105 Å². The Labute approximate surface area is 306 Å². The number of fused-ring (bicyclic) bond motifs is 1. The van der Waals surface area contributed by atoms with Crippen molar-refractivity contribution in [3.05, 3.63) is 102 Å². The molecule has 1 saturated carbocycles. The van der Waals surface area contributed by atoms with Crippen LogP contribution in [0, 0.1) is 0 Å². The quantitative estimate of drug-likeness (QED) is 0.158. The van der Waals surface area contributed by atoms with Crippen molar-refractivity contribution in [2.45, 2.75) is 77.4 Å². The number of aryl methyl sites for hydroxylation is 1. The number of hydrogen-bond acceptors (Lipinski definition) is 8. The highest BCUT2D eigenvalue weighted by Crippen LogP contribution is 2.37. The number of nitrogens with zero attached hydrogens (tertiary/aromatic N) is 5. The van der Waals surface area contributed by atoms with Gasteiger partial charge in [0.15, 0.2) is 0 Å². The van der Waals surface area contributed by atoms with Gasteiger partial charge in [-0.3, -0.25) is 9.58 Å². The number of hydrogen-bond donors (Lipinski definition) is 1. The molecule has 52 heavy (non-hydrogen) atoms. The fourth-order valence-electron chi connectivity index (χ4n) is 7.30. The highest BCUT2D eigenvalue weighted by atomic mass is 16.6. The van der Waals surface area contributed by atoms with E-state index in [0.29, 0.717) is 31.0 Å². The number of aromatic nitrogens is 3. The summed E-state index contributed by atoms with van der Waals surface area (Å²) in [7, 11) is 2.00. The number of carbonyl (C=O) groups is 1. The predicted molar refractivity (Wildman–Crippen MR) is 205 cm³/mol.